The summed E-state index contributed by atoms with van der Waals surface area (Å²) in [7, 11) is 1.86. The summed E-state index contributed by atoms with van der Waals surface area (Å²) in [5.74, 6) is -0.282. The minimum Gasteiger partial charge on any atom is -0.351 e. The molecule has 110 valence electrons. The van der Waals surface area contributed by atoms with Gasteiger partial charge in [-0.1, -0.05) is 18.2 Å². The van der Waals surface area contributed by atoms with Gasteiger partial charge in [-0.15, -0.1) is 0 Å². The van der Waals surface area contributed by atoms with Crippen molar-refractivity contribution in [1.29, 1.82) is 0 Å². The highest BCUT2D eigenvalue weighted by atomic mass is 16.2. The number of rotatable bonds is 6. The van der Waals surface area contributed by atoms with Gasteiger partial charge in [-0.05, 0) is 38.2 Å². The Balaban J connectivity index is 2.15. The fourth-order valence-electron chi connectivity index (χ4n) is 1.84. The molecule has 2 N–H and O–H groups in total. The van der Waals surface area contributed by atoms with Crippen molar-refractivity contribution in [1.82, 2.24) is 20.4 Å². The van der Waals surface area contributed by atoms with Gasteiger partial charge in [0, 0.05) is 12.6 Å². The molecule has 0 bridgehead atoms. The van der Waals surface area contributed by atoms with E-state index in [2.05, 4.69) is 15.7 Å². The Kier molecular flexibility index (Phi) is 5.22. The third kappa shape index (κ3) is 4.00. The molecule has 0 spiro atoms. The normalized spacial score (nSPS) is 10.3. The van der Waals surface area contributed by atoms with Gasteiger partial charge >= 0.3 is 0 Å². The number of amides is 1. The van der Waals surface area contributed by atoms with E-state index in [4.69, 9.17) is 0 Å². The van der Waals surface area contributed by atoms with Gasteiger partial charge < -0.3 is 10.6 Å². The van der Waals surface area contributed by atoms with Crippen molar-refractivity contribution in [3.63, 3.8) is 0 Å². The molecule has 2 aromatic rings. The molecular weight excluding hydrogens is 268 g/mol. The van der Waals surface area contributed by atoms with E-state index in [0.717, 1.165) is 13.0 Å². The van der Waals surface area contributed by atoms with Gasteiger partial charge in [0.15, 0.2) is 0 Å². The van der Waals surface area contributed by atoms with Gasteiger partial charge in [0.25, 0.3) is 11.5 Å². The van der Waals surface area contributed by atoms with E-state index in [-0.39, 0.29) is 17.2 Å². The maximum atomic E-state index is 12.0. The fourth-order valence-corrected chi connectivity index (χ4v) is 1.84. The number of carbonyl (C=O) groups is 1. The van der Waals surface area contributed by atoms with Crippen molar-refractivity contribution in [2.24, 2.45) is 0 Å². The summed E-state index contributed by atoms with van der Waals surface area (Å²) >= 11 is 0. The summed E-state index contributed by atoms with van der Waals surface area (Å²) in [5.41, 5.74) is 0.586. The van der Waals surface area contributed by atoms with Crippen molar-refractivity contribution in [3.05, 3.63) is 58.5 Å². The van der Waals surface area contributed by atoms with Crippen LogP contribution in [0.3, 0.4) is 0 Å². The van der Waals surface area contributed by atoms with Crippen LogP contribution in [-0.2, 0) is 0 Å². The number of aromatic nitrogens is 2. The SMILES string of the molecule is CNCCCNC(=O)c1ccc(=O)n(-c2ccccc2)n1. The highest BCUT2D eigenvalue weighted by Crippen LogP contribution is 2.02. The molecular formula is C15H18N4O2. The van der Waals surface area contributed by atoms with Crippen molar-refractivity contribution in [2.45, 2.75) is 6.42 Å². The van der Waals surface area contributed by atoms with Crippen LogP contribution in [0.2, 0.25) is 0 Å². The second-order valence-corrected chi connectivity index (χ2v) is 4.52. The van der Waals surface area contributed by atoms with E-state index >= 15 is 0 Å². The Bertz CT molecular complexity index is 652. The molecule has 1 aromatic heterocycles. The highest BCUT2D eigenvalue weighted by molar-refractivity contribution is 5.92. The zero-order valence-corrected chi connectivity index (χ0v) is 11.9. The van der Waals surface area contributed by atoms with Crippen LogP contribution in [0.25, 0.3) is 5.69 Å². The number of nitrogens with one attached hydrogen (secondary N) is 2. The molecule has 0 aliphatic rings. The van der Waals surface area contributed by atoms with Gasteiger partial charge in [0.05, 0.1) is 5.69 Å². The van der Waals surface area contributed by atoms with Crippen LogP contribution in [0.1, 0.15) is 16.9 Å². The van der Waals surface area contributed by atoms with Crippen LogP contribution in [0.5, 0.6) is 0 Å². The fraction of sp³-hybridized carbons (Fsp3) is 0.267. The largest absolute Gasteiger partial charge is 0.351 e. The lowest BCUT2D eigenvalue weighted by molar-refractivity contribution is 0.0946. The van der Waals surface area contributed by atoms with Gasteiger partial charge in [-0.2, -0.15) is 9.78 Å². The molecule has 0 atom stereocenters. The van der Waals surface area contributed by atoms with E-state index in [1.807, 2.05) is 25.2 Å². The van der Waals surface area contributed by atoms with E-state index in [1.165, 1.54) is 16.8 Å². The lowest BCUT2D eigenvalue weighted by Crippen LogP contribution is -2.30. The average molecular weight is 286 g/mol. The van der Waals surface area contributed by atoms with Gasteiger partial charge in [-0.3, -0.25) is 9.59 Å². The number of hydrogen-bond acceptors (Lipinski definition) is 4. The van der Waals surface area contributed by atoms with E-state index in [0.29, 0.717) is 12.2 Å². The number of carbonyl (C=O) groups excluding carboxylic acids is 1. The molecule has 0 radical (unpaired) electrons. The molecule has 1 aromatic carbocycles. The third-order valence-electron chi connectivity index (χ3n) is 2.92. The number of hydrogen-bond donors (Lipinski definition) is 2. The minimum atomic E-state index is -0.282. The summed E-state index contributed by atoms with van der Waals surface area (Å²) < 4.78 is 1.22. The summed E-state index contributed by atoms with van der Waals surface area (Å²) in [6, 6.07) is 11.8. The molecule has 0 aliphatic carbocycles. The maximum absolute atomic E-state index is 12.0. The maximum Gasteiger partial charge on any atom is 0.271 e. The molecule has 6 heteroatoms. The first-order chi connectivity index (χ1) is 10.2. The predicted octanol–water partition coefficient (Wildman–Crippen LogP) is 0.572. The first kappa shape index (κ1) is 14.9. The number of benzene rings is 1. The standard InChI is InChI=1S/C15H18N4O2/c1-16-10-5-11-17-15(21)13-8-9-14(20)19(18-13)12-6-3-2-4-7-12/h2-4,6-9,16H,5,10-11H2,1H3,(H,17,21). The predicted molar refractivity (Wildman–Crippen MR) is 80.7 cm³/mol. The van der Waals surface area contributed by atoms with E-state index in [9.17, 15) is 9.59 Å². The molecule has 0 saturated heterocycles. The van der Waals surface area contributed by atoms with E-state index < -0.39 is 0 Å². The highest BCUT2D eigenvalue weighted by Gasteiger charge is 2.09. The van der Waals surface area contributed by atoms with Crippen LogP contribution in [-0.4, -0.2) is 35.8 Å². The smallest absolute Gasteiger partial charge is 0.271 e. The molecule has 21 heavy (non-hydrogen) atoms. The second-order valence-electron chi connectivity index (χ2n) is 4.52. The van der Waals surface area contributed by atoms with Crippen LogP contribution in [0.4, 0.5) is 0 Å². The molecule has 0 unspecified atom stereocenters. The monoisotopic (exact) mass is 286 g/mol. The summed E-state index contributed by atoms with van der Waals surface area (Å²) in [6.07, 6.45) is 0.834. The van der Waals surface area contributed by atoms with E-state index in [1.54, 1.807) is 12.1 Å². The number of para-hydroxylation sites is 1. The average Bonchev–Trinajstić information content (AvgIpc) is 2.52. The van der Waals surface area contributed by atoms with Crippen LogP contribution >= 0.6 is 0 Å². The van der Waals surface area contributed by atoms with Crippen LogP contribution < -0.4 is 16.2 Å². The zero-order valence-electron chi connectivity index (χ0n) is 11.9. The number of nitrogens with zero attached hydrogens (tertiary/aromatic N) is 2. The lowest BCUT2D eigenvalue weighted by Gasteiger charge is -2.07. The Morgan fingerprint density at radius 3 is 2.62 bits per heavy atom. The van der Waals surface area contributed by atoms with Crippen LogP contribution in [0.15, 0.2) is 47.3 Å². The van der Waals surface area contributed by atoms with Crippen molar-refractivity contribution >= 4 is 5.91 Å². The first-order valence-electron chi connectivity index (χ1n) is 6.81. The molecule has 1 heterocycles. The second kappa shape index (κ2) is 7.35. The quantitative estimate of drug-likeness (QED) is 0.761. The summed E-state index contributed by atoms with van der Waals surface area (Å²) in [5, 5.41) is 9.90. The third-order valence-corrected chi connectivity index (χ3v) is 2.92. The van der Waals surface area contributed by atoms with Crippen LogP contribution in [0, 0.1) is 0 Å². The molecule has 0 aliphatic heterocycles. The summed E-state index contributed by atoms with van der Waals surface area (Å²) in [6.45, 7) is 1.39. The lowest BCUT2D eigenvalue weighted by atomic mass is 10.3. The first-order valence-corrected chi connectivity index (χ1v) is 6.81. The van der Waals surface area contributed by atoms with Crippen molar-refractivity contribution < 1.29 is 4.79 Å². The topological polar surface area (TPSA) is 76.0 Å². The van der Waals surface area contributed by atoms with Gasteiger partial charge in [-0.25, -0.2) is 0 Å². The Morgan fingerprint density at radius 2 is 1.90 bits per heavy atom. The molecule has 0 fully saturated rings. The molecule has 0 saturated carbocycles. The zero-order chi connectivity index (χ0) is 15.1. The van der Waals surface area contributed by atoms with Gasteiger partial charge in [0.2, 0.25) is 0 Å². The van der Waals surface area contributed by atoms with Crippen molar-refractivity contribution in [3.8, 4) is 5.69 Å². The Labute approximate surface area is 122 Å². The minimum absolute atomic E-state index is 0.225. The molecule has 2 rings (SSSR count). The van der Waals surface area contributed by atoms with Crippen molar-refractivity contribution in [2.75, 3.05) is 20.1 Å². The molecule has 1 amide bonds. The Morgan fingerprint density at radius 1 is 1.14 bits per heavy atom. The Hall–Kier alpha value is -2.47. The molecule has 6 nitrogen and oxygen atoms in total. The summed E-state index contributed by atoms with van der Waals surface area (Å²) in [4.78, 5) is 23.8. The van der Waals surface area contributed by atoms with Gasteiger partial charge in [0.1, 0.15) is 5.69 Å².